The van der Waals surface area contributed by atoms with Crippen LogP contribution in [0, 0.1) is 0 Å². The summed E-state index contributed by atoms with van der Waals surface area (Å²) in [7, 11) is 0. The minimum absolute atomic E-state index is 0.0843. The monoisotopic (exact) mass is 290 g/mol. The Morgan fingerprint density at radius 2 is 2.19 bits per heavy atom. The highest BCUT2D eigenvalue weighted by Crippen LogP contribution is 2.11. The van der Waals surface area contributed by atoms with Gasteiger partial charge < -0.3 is 15.0 Å². The van der Waals surface area contributed by atoms with Crippen molar-refractivity contribution < 1.29 is 9.53 Å². The number of ether oxygens (including phenoxy) is 1. The van der Waals surface area contributed by atoms with E-state index in [9.17, 15) is 4.79 Å². The van der Waals surface area contributed by atoms with Crippen LogP contribution in [0.4, 0.5) is 0 Å². The molecule has 1 amide bonds. The number of amides is 1. The number of benzene rings is 1. The van der Waals surface area contributed by atoms with Gasteiger partial charge in [0.15, 0.2) is 6.61 Å². The molecule has 1 fully saturated rings. The van der Waals surface area contributed by atoms with Crippen molar-refractivity contribution in [2.75, 3.05) is 26.2 Å². The van der Waals surface area contributed by atoms with E-state index in [0.717, 1.165) is 44.6 Å². The lowest BCUT2D eigenvalue weighted by Crippen LogP contribution is -2.43. The van der Waals surface area contributed by atoms with Gasteiger partial charge in [0.05, 0.1) is 0 Å². The predicted octanol–water partition coefficient (Wildman–Crippen LogP) is 2.45. The molecule has 1 saturated heterocycles. The zero-order chi connectivity index (χ0) is 14.9. The van der Waals surface area contributed by atoms with Gasteiger partial charge in [0.2, 0.25) is 0 Å². The molecule has 1 heterocycles. The zero-order valence-electron chi connectivity index (χ0n) is 12.9. The molecular formula is C17H26N2O2. The minimum Gasteiger partial charge on any atom is -0.484 e. The van der Waals surface area contributed by atoms with E-state index in [-0.39, 0.29) is 12.5 Å². The van der Waals surface area contributed by atoms with E-state index in [4.69, 9.17) is 4.74 Å². The van der Waals surface area contributed by atoms with Crippen molar-refractivity contribution in [1.82, 2.24) is 10.2 Å². The standard InChI is InChI=1S/C17H26N2O2/c1-2-3-12-19(13-15-8-7-11-18-15)17(20)14-21-16-9-5-4-6-10-16/h4-6,9-10,15,18H,2-3,7-8,11-14H2,1H3. The van der Waals surface area contributed by atoms with Crippen LogP contribution in [0.2, 0.25) is 0 Å². The molecule has 1 N–H and O–H groups in total. The van der Waals surface area contributed by atoms with E-state index in [1.807, 2.05) is 35.2 Å². The highest BCUT2D eigenvalue weighted by molar-refractivity contribution is 5.77. The molecule has 0 spiro atoms. The lowest BCUT2D eigenvalue weighted by molar-refractivity contribution is -0.133. The van der Waals surface area contributed by atoms with Crippen molar-refractivity contribution in [3.05, 3.63) is 30.3 Å². The van der Waals surface area contributed by atoms with Crippen molar-refractivity contribution in [2.45, 2.75) is 38.6 Å². The molecule has 0 aliphatic carbocycles. The summed E-state index contributed by atoms with van der Waals surface area (Å²) < 4.78 is 5.58. The van der Waals surface area contributed by atoms with Gasteiger partial charge in [-0.15, -0.1) is 0 Å². The fourth-order valence-electron chi connectivity index (χ4n) is 2.60. The van der Waals surface area contributed by atoms with Gasteiger partial charge >= 0.3 is 0 Å². The van der Waals surface area contributed by atoms with Crippen LogP contribution in [0.15, 0.2) is 30.3 Å². The zero-order valence-corrected chi connectivity index (χ0v) is 12.9. The molecule has 1 aliphatic rings. The number of rotatable bonds is 8. The first-order valence-electron chi connectivity index (χ1n) is 7.98. The Bertz CT molecular complexity index is 416. The molecule has 116 valence electrons. The third kappa shape index (κ3) is 5.38. The smallest absolute Gasteiger partial charge is 0.260 e. The first kappa shape index (κ1) is 15.8. The molecule has 4 heteroatoms. The summed E-state index contributed by atoms with van der Waals surface area (Å²) in [5, 5.41) is 3.46. The first-order chi connectivity index (χ1) is 10.3. The SMILES string of the molecule is CCCCN(CC1CCCN1)C(=O)COc1ccccc1. The Morgan fingerprint density at radius 1 is 1.38 bits per heavy atom. The van der Waals surface area contributed by atoms with E-state index in [1.165, 1.54) is 6.42 Å². The second-order valence-corrected chi connectivity index (χ2v) is 5.59. The van der Waals surface area contributed by atoms with E-state index in [0.29, 0.717) is 6.04 Å². The lowest BCUT2D eigenvalue weighted by Gasteiger charge is -2.26. The average molecular weight is 290 g/mol. The summed E-state index contributed by atoms with van der Waals surface area (Å²) >= 11 is 0. The molecule has 4 nitrogen and oxygen atoms in total. The van der Waals surface area contributed by atoms with Crippen LogP contribution in [-0.2, 0) is 4.79 Å². The number of nitrogens with one attached hydrogen (secondary N) is 1. The Labute approximate surface area is 127 Å². The molecule has 0 radical (unpaired) electrons. The van der Waals surface area contributed by atoms with Gasteiger partial charge in [0.1, 0.15) is 5.75 Å². The van der Waals surface area contributed by atoms with E-state index in [1.54, 1.807) is 0 Å². The molecule has 0 aromatic heterocycles. The van der Waals surface area contributed by atoms with Crippen molar-refractivity contribution in [1.29, 1.82) is 0 Å². The molecule has 2 rings (SSSR count). The van der Waals surface area contributed by atoms with Crippen molar-refractivity contribution in [3.63, 3.8) is 0 Å². The molecule has 0 saturated carbocycles. The van der Waals surface area contributed by atoms with Gasteiger partial charge in [-0.1, -0.05) is 31.5 Å². The normalized spacial score (nSPS) is 17.7. The highest BCUT2D eigenvalue weighted by Gasteiger charge is 2.21. The number of unbranched alkanes of at least 4 members (excludes halogenated alkanes) is 1. The van der Waals surface area contributed by atoms with Crippen LogP contribution in [0.3, 0.4) is 0 Å². The fraction of sp³-hybridized carbons (Fsp3) is 0.588. The van der Waals surface area contributed by atoms with Crippen molar-refractivity contribution >= 4 is 5.91 Å². The molecular weight excluding hydrogens is 264 g/mol. The number of carbonyl (C=O) groups excluding carboxylic acids is 1. The second kappa shape index (κ2) is 8.67. The Kier molecular flexibility index (Phi) is 6.54. The third-order valence-corrected chi connectivity index (χ3v) is 3.84. The van der Waals surface area contributed by atoms with E-state index < -0.39 is 0 Å². The maximum atomic E-state index is 12.4. The molecule has 21 heavy (non-hydrogen) atoms. The summed E-state index contributed by atoms with van der Waals surface area (Å²) in [6, 6.07) is 9.97. The topological polar surface area (TPSA) is 41.6 Å². The summed E-state index contributed by atoms with van der Waals surface area (Å²) in [6.45, 7) is 4.97. The summed E-state index contributed by atoms with van der Waals surface area (Å²) in [5.41, 5.74) is 0. The Balaban J connectivity index is 1.83. The molecule has 1 unspecified atom stereocenters. The summed E-state index contributed by atoms with van der Waals surface area (Å²) in [6.07, 6.45) is 4.52. The van der Waals surface area contributed by atoms with Crippen molar-refractivity contribution in [3.8, 4) is 5.75 Å². The molecule has 0 bridgehead atoms. The minimum atomic E-state index is 0.0843. The fourth-order valence-corrected chi connectivity index (χ4v) is 2.60. The maximum Gasteiger partial charge on any atom is 0.260 e. The molecule has 1 aromatic rings. The highest BCUT2D eigenvalue weighted by atomic mass is 16.5. The van der Waals surface area contributed by atoms with E-state index in [2.05, 4.69) is 12.2 Å². The average Bonchev–Trinajstić information content (AvgIpc) is 3.03. The number of nitrogens with zero attached hydrogens (tertiary/aromatic N) is 1. The maximum absolute atomic E-state index is 12.4. The van der Waals surface area contributed by atoms with Gasteiger partial charge in [-0.05, 0) is 37.9 Å². The number of carbonyl (C=O) groups is 1. The Morgan fingerprint density at radius 3 is 2.86 bits per heavy atom. The van der Waals surface area contributed by atoms with Crippen LogP contribution in [0.25, 0.3) is 0 Å². The van der Waals surface area contributed by atoms with Gasteiger partial charge in [-0.25, -0.2) is 0 Å². The third-order valence-electron chi connectivity index (χ3n) is 3.84. The lowest BCUT2D eigenvalue weighted by atomic mass is 10.2. The quantitative estimate of drug-likeness (QED) is 0.799. The van der Waals surface area contributed by atoms with Crippen LogP contribution in [0.5, 0.6) is 5.75 Å². The summed E-state index contributed by atoms with van der Waals surface area (Å²) in [4.78, 5) is 14.3. The van der Waals surface area contributed by atoms with Crippen LogP contribution >= 0.6 is 0 Å². The second-order valence-electron chi connectivity index (χ2n) is 5.59. The Hall–Kier alpha value is -1.55. The molecule has 1 aromatic carbocycles. The van der Waals surface area contributed by atoms with Crippen LogP contribution in [-0.4, -0.2) is 43.1 Å². The van der Waals surface area contributed by atoms with Gasteiger partial charge in [0, 0.05) is 19.1 Å². The predicted molar refractivity (Wildman–Crippen MR) is 84.4 cm³/mol. The first-order valence-corrected chi connectivity index (χ1v) is 7.98. The molecule has 1 atom stereocenters. The summed E-state index contributed by atoms with van der Waals surface area (Å²) in [5.74, 6) is 0.835. The number of hydrogen-bond acceptors (Lipinski definition) is 3. The van der Waals surface area contributed by atoms with Gasteiger partial charge in [-0.2, -0.15) is 0 Å². The van der Waals surface area contributed by atoms with Gasteiger partial charge in [0.25, 0.3) is 5.91 Å². The largest absolute Gasteiger partial charge is 0.484 e. The van der Waals surface area contributed by atoms with E-state index >= 15 is 0 Å². The number of hydrogen-bond donors (Lipinski definition) is 1. The van der Waals surface area contributed by atoms with Crippen molar-refractivity contribution in [2.24, 2.45) is 0 Å². The molecule has 1 aliphatic heterocycles. The number of para-hydroxylation sites is 1. The van der Waals surface area contributed by atoms with Crippen LogP contribution in [0.1, 0.15) is 32.6 Å². The van der Waals surface area contributed by atoms with Gasteiger partial charge in [-0.3, -0.25) is 4.79 Å². The van der Waals surface area contributed by atoms with Crippen LogP contribution < -0.4 is 10.1 Å².